The maximum atomic E-state index is 6.04. The predicted molar refractivity (Wildman–Crippen MR) is 85.9 cm³/mol. The van der Waals surface area contributed by atoms with E-state index in [9.17, 15) is 0 Å². The van der Waals surface area contributed by atoms with Gasteiger partial charge in [-0.1, -0.05) is 30.3 Å². The molecule has 1 atom stereocenters. The van der Waals surface area contributed by atoms with Crippen LogP contribution in [-0.4, -0.2) is 56.6 Å². The van der Waals surface area contributed by atoms with Crippen LogP contribution in [0.1, 0.15) is 24.8 Å². The first kappa shape index (κ1) is 15.9. The van der Waals surface area contributed by atoms with Gasteiger partial charge in [0.2, 0.25) is 0 Å². The Hall–Kier alpha value is -0.940. The standard InChI is InChI=1S/C18H27NO3/c1-2-4-16(5-3-1)14-22-17-6-9-19(10-7-17)11-8-18-15-20-12-13-21-18/h1-5,17-18H,6-15H2. The van der Waals surface area contributed by atoms with Crippen LogP contribution in [0.15, 0.2) is 30.3 Å². The molecule has 2 aliphatic heterocycles. The lowest BCUT2D eigenvalue weighted by molar-refractivity contribution is -0.0939. The third kappa shape index (κ3) is 5.06. The summed E-state index contributed by atoms with van der Waals surface area (Å²) in [5, 5.41) is 0. The van der Waals surface area contributed by atoms with E-state index in [-0.39, 0.29) is 0 Å². The first-order valence-corrected chi connectivity index (χ1v) is 8.47. The minimum atomic E-state index is 0.292. The van der Waals surface area contributed by atoms with Crippen molar-refractivity contribution in [2.45, 2.75) is 38.1 Å². The number of nitrogens with zero attached hydrogens (tertiary/aromatic N) is 1. The van der Waals surface area contributed by atoms with Gasteiger partial charge in [0.05, 0.1) is 38.6 Å². The van der Waals surface area contributed by atoms with E-state index in [1.165, 1.54) is 5.56 Å². The minimum Gasteiger partial charge on any atom is -0.376 e. The van der Waals surface area contributed by atoms with Gasteiger partial charge in [-0.25, -0.2) is 0 Å². The molecule has 0 N–H and O–H groups in total. The number of likely N-dealkylation sites (tertiary alicyclic amines) is 1. The molecule has 0 aromatic heterocycles. The summed E-state index contributed by atoms with van der Waals surface area (Å²) in [7, 11) is 0. The van der Waals surface area contributed by atoms with Crippen molar-refractivity contribution < 1.29 is 14.2 Å². The second-order valence-corrected chi connectivity index (χ2v) is 6.19. The number of hydrogen-bond acceptors (Lipinski definition) is 4. The molecule has 0 aliphatic carbocycles. The van der Waals surface area contributed by atoms with Crippen LogP contribution in [0.5, 0.6) is 0 Å². The van der Waals surface area contributed by atoms with E-state index < -0.39 is 0 Å². The highest BCUT2D eigenvalue weighted by Gasteiger charge is 2.21. The van der Waals surface area contributed by atoms with Crippen molar-refractivity contribution in [3.05, 3.63) is 35.9 Å². The van der Waals surface area contributed by atoms with E-state index in [4.69, 9.17) is 14.2 Å². The second kappa shape index (κ2) is 8.63. The van der Waals surface area contributed by atoms with E-state index in [0.29, 0.717) is 12.2 Å². The third-order valence-corrected chi connectivity index (χ3v) is 4.52. The lowest BCUT2D eigenvalue weighted by Gasteiger charge is -2.33. The number of hydrogen-bond donors (Lipinski definition) is 0. The first-order chi connectivity index (χ1) is 10.9. The van der Waals surface area contributed by atoms with E-state index in [1.807, 2.05) is 6.07 Å². The second-order valence-electron chi connectivity index (χ2n) is 6.19. The molecule has 4 nitrogen and oxygen atoms in total. The van der Waals surface area contributed by atoms with Gasteiger partial charge in [-0.2, -0.15) is 0 Å². The molecule has 0 bridgehead atoms. The van der Waals surface area contributed by atoms with Crippen LogP contribution < -0.4 is 0 Å². The average Bonchev–Trinajstić information content (AvgIpc) is 2.61. The normalized spacial score (nSPS) is 24.5. The summed E-state index contributed by atoms with van der Waals surface area (Å²) in [6.45, 7) is 6.37. The number of rotatable bonds is 6. The molecule has 2 aliphatic rings. The molecule has 2 saturated heterocycles. The molecule has 1 aromatic carbocycles. The fraction of sp³-hybridized carbons (Fsp3) is 0.667. The van der Waals surface area contributed by atoms with Crippen LogP contribution in [0, 0.1) is 0 Å². The number of benzene rings is 1. The van der Waals surface area contributed by atoms with Gasteiger partial charge in [-0.15, -0.1) is 0 Å². The Balaban J connectivity index is 1.30. The van der Waals surface area contributed by atoms with E-state index in [1.54, 1.807) is 0 Å². The van der Waals surface area contributed by atoms with Gasteiger partial charge in [0.1, 0.15) is 0 Å². The number of piperidine rings is 1. The SMILES string of the molecule is c1ccc(COC2CCN(CCC3COCCO3)CC2)cc1. The molecule has 0 saturated carbocycles. The van der Waals surface area contributed by atoms with Crippen LogP contribution in [0.3, 0.4) is 0 Å². The van der Waals surface area contributed by atoms with Gasteiger partial charge in [0.25, 0.3) is 0 Å². The van der Waals surface area contributed by atoms with Gasteiger partial charge >= 0.3 is 0 Å². The zero-order chi connectivity index (χ0) is 15.0. The van der Waals surface area contributed by atoms with Crippen LogP contribution in [0.2, 0.25) is 0 Å². The maximum absolute atomic E-state index is 6.04. The van der Waals surface area contributed by atoms with Gasteiger partial charge in [-0.05, 0) is 24.8 Å². The number of ether oxygens (including phenoxy) is 3. The quantitative estimate of drug-likeness (QED) is 0.808. The Morgan fingerprint density at radius 3 is 2.64 bits per heavy atom. The Bertz CT molecular complexity index is 412. The molecule has 0 amide bonds. The minimum absolute atomic E-state index is 0.292. The Morgan fingerprint density at radius 1 is 1.09 bits per heavy atom. The van der Waals surface area contributed by atoms with Crippen molar-refractivity contribution in [1.82, 2.24) is 4.90 Å². The zero-order valence-electron chi connectivity index (χ0n) is 13.3. The first-order valence-electron chi connectivity index (χ1n) is 8.47. The van der Waals surface area contributed by atoms with Crippen LogP contribution in [-0.2, 0) is 20.8 Å². The van der Waals surface area contributed by atoms with E-state index >= 15 is 0 Å². The van der Waals surface area contributed by atoms with Crippen LogP contribution >= 0.6 is 0 Å². The highest BCUT2D eigenvalue weighted by atomic mass is 16.6. The van der Waals surface area contributed by atoms with Gasteiger partial charge in [-0.3, -0.25) is 0 Å². The Kier molecular flexibility index (Phi) is 6.25. The summed E-state index contributed by atoms with van der Waals surface area (Å²) in [4.78, 5) is 2.53. The van der Waals surface area contributed by atoms with Crippen molar-refractivity contribution >= 4 is 0 Å². The maximum Gasteiger partial charge on any atom is 0.0821 e. The molecule has 0 spiro atoms. The summed E-state index contributed by atoms with van der Waals surface area (Å²) in [6.07, 6.45) is 4.05. The molecule has 1 unspecified atom stereocenters. The van der Waals surface area contributed by atoms with Crippen molar-refractivity contribution in [2.75, 3.05) is 39.5 Å². The van der Waals surface area contributed by atoms with Gasteiger partial charge in [0.15, 0.2) is 0 Å². The zero-order valence-corrected chi connectivity index (χ0v) is 13.3. The topological polar surface area (TPSA) is 30.9 Å². The molecule has 0 radical (unpaired) electrons. The Labute approximate surface area is 133 Å². The lowest BCUT2D eigenvalue weighted by Crippen LogP contribution is -2.39. The Morgan fingerprint density at radius 2 is 1.91 bits per heavy atom. The molecule has 3 rings (SSSR count). The van der Waals surface area contributed by atoms with Crippen LogP contribution in [0.25, 0.3) is 0 Å². The van der Waals surface area contributed by atoms with Crippen molar-refractivity contribution in [3.8, 4) is 0 Å². The van der Waals surface area contributed by atoms with Crippen molar-refractivity contribution in [1.29, 1.82) is 0 Å². The smallest absolute Gasteiger partial charge is 0.0821 e. The summed E-state index contributed by atoms with van der Waals surface area (Å²) in [5.74, 6) is 0. The molecular weight excluding hydrogens is 278 g/mol. The fourth-order valence-corrected chi connectivity index (χ4v) is 3.12. The summed E-state index contributed by atoms with van der Waals surface area (Å²) >= 11 is 0. The summed E-state index contributed by atoms with van der Waals surface area (Å²) < 4.78 is 17.2. The largest absolute Gasteiger partial charge is 0.376 e. The molecule has 2 heterocycles. The lowest BCUT2D eigenvalue weighted by atomic mass is 10.1. The van der Waals surface area contributed by atoms with Crippen molar-refractivity contribution in [3.63, 3.8) is 0 Å². The summed E-state index contributed by atoms with van der Waals surface area (Å²) in [5.41, 5.74) is 1.26. The molecule has 122 valence electrons. The van der Waals surface area contributed by atoms with E-state index in [2.05, 4.69) is 29.2 Å². The van der Waals surface area contributed by atoms with Crippen molar-refractivity contribution in [2.24, 2.45) is 0 Å². The molecular formula is C18H27NO3. The third-order valence-electron chi connectivity index (χ3n) is 4.52. The summed E-state index contributed by atoms with van der Waals surface area (Å²) in [6, 6.07) is 10.4. The van der Waals surface area contributed by atoms with Gasteiger partial charge < -0.3 is 19.1 Å². The van der Waals surface area contributed by atoms with Gasteiger partial charge in [0, 0.05) is 19.6 Å². The average molecular weight is 305 g/mol. The van der Waals surface area contributed by atoms with E-state index in [0.717, 1.165) is 65.3 Å². The monoisotopic (exact) mass is 305 g/mol. The molecule has 22 heavy (non-hydrogen) atoms. The predicted octanol–water partition coefficient (Wildman–Crippen LogP) is 2.47. The van der Waals surface area contributed by atoms with Crippen LogP contribution in [0.4, 0.5) is 0 Å². The molecule has 1 aromatic rings. The highest BCUT2D eigenvalue weighted by molar-refractivity contribution is 5.13. The highest BCUT2D eigenvalue weighted by Crippen LogP contribution is 2.17. The molecule has 2 fully saturated rings. The fourth-order valence-electron chi connectivity index (χ4n) is 3.12. The molecule has 4 heteroatoms.